The number of aryl methyl sites for hydroxylation is 2. The minimum absolute atomic E-state index is 0.284. The predicted molar refractivity (Wildman–Crippen MR) is 144 cm³/mol. The van der Waals surface area contributed by atoms with E-state index in [0.717, 1.165) is 50.0 Å². The largest absolute Gasteiger partial charge is 0.264 e. The molecule has 5 aromatic carbocycles. The van der Waals surface area contributed by atoms with Crippen molar-refractivity contribution in [1.29, 1.82) is 0 Å². The summed E-state index contributed by atoms with van der Waals surface area (Å²) in [7, 11) is -3.75. The molecule has 3 nitrogen and oxygen atoms in total. The van der Waals surface area contributed by atoms with E-state index in [4.69, 9.17) is 0 Å². The first kappa shape index (κ1) is 21.6. The Hall–Kier alpha value is -3.89. The standard InChI is InChI=1S/C31H25NO2S/c1-21-12-15-26(16-13-21)35(33,34)32-20-25-19-24-10-6-7-11-27(24)30(23-8-4-3-5-9-23)31(25)28-18-22(2)14-17-29(28)32/h3-19H,20H2,1-2H3. The zero-order valence-electron chi connectivity index (χ0n) is 19.7. The van der Waals surface area contributed by atoms with E-state index in [9.17, 15) is 8.42 Å². The van der Waals surface area contributed by atoms with Gasteiger partial charge in [0.2, 0.25) is 0 Å². The molecule has 0 unspecified atom stereocenters. The van der Waals surface area contributed by atoms with Gasteiger partial charge in [0, 0.05) is 5.56 Å². The number of hydrogen-bond donors (Lipinski definition) is 0. The fraction of sp³-hybridized carbons (Fsp3) is 0.0968. The highest BCUT2D eigenvalue weighted by Gasteiger charge is 2.33. The molecule has 5 aromatic rings. The van der Waals surface area contributed by atoms with Crippen LogP contribution in [-0.2, 0) is 16.6 Å². The number of benzene rings is 5. The summed E-state index contributed by atoms with van der Waals surface area (Å²) in [5, 5.41) is 2.27. The van der Waals surface area contributed by atoms with Gasteiger partial charge in [-0.2, -0.15) is 0 Å². The molecule has 1 heterocycles. The topological polar surface area (TPSA) is 37.4 Å². The third-order valence-electron chi connectivity index (χ3n) is 6.81. The Balaban J connectivity index is 1.67. The van der Waals surface area contributed by atoms with E-state index in [-0.39, 0.29) is 6.54 Å². The van der Waals surface area contributed by atoms with Gasteiger partial charge in [0.25, 0.3) is 10.0 Å². The van der Waals surface area contributed by atoms with Gasteiger partial charge in [-0.3, -0.25) is 4.31 Å². The highest BCUT2D eigenvalue weighted by Crippen LogP contribution is 2.49. The molecule has 0 N–H and O–H groups in total. The second kappa shape index (κ2) is 8.10. The number of hydrogen-bond acceptors (Lipinski definition) is 2. The van der Waals surface area contributed by atoms with Gasteiger partial charge in [-0.15, -0.1) is 0 Å². The lowest BCUT2D eigenvalue weighted by Gasteiger charge is -2.34. The number of anilines is 1. The summed E-state index contributed by atoms with van der Waals surface area (Å²) < 4.78 is 29.4. The van der Waals surface area contributed by atoms with Crippen molar-refractivity contribution >= 4 is 26.5 Å². The van der Waals surface area contributed by atoms with Crippen molar-refractivity contribution in [3.8, 4) is 22.3 Å². The van der Waals surface area contributed by atoms with E-state index in [1.54, 1.807) is 16.4 Å². The van der Waals surface area contributed by atoms with Crippen molar-refractivity contribution in [3.63, 3.8) is 0 Å². The van der Waals surface area contributed by atoms with Crippen LogP contribution in [0.2, 0.25) is 0 Å². The van der Waals surface area contributed by atoms with Crippen molar-refractivity contribution in [3.05, 3.63) is 120 Å². The molecule has 0 atom stereocenters. The van der Waals surface area contributed by atoms with E-state index in [1.165, 1.54) is 5.39 Å². The maximum atomic E-state index is 13.9. The summed E-state index contributed by atoms with van der Waals surface area (Å²) in [4.78, 5) is 0.308. The van der Waals surface area contributed by atoms with Crippen LogP contribution in [0.25, 0.3) is 33.0 Å². The Morgan fingerprint density at radius 3 is 2.14 bits per heavy atom. The van der Waals surface area contributed by atoms with Gasteiger partial charge in [-0.1, -0.05) is 83.9 Å². The molecule has 0 aromatic heterocycles. The minimum Gasteiger partial charge on any atom is -0.261 e. The van der Waals surface area contributed by atoms with Crippen molar-refractivity contribution in [1.82, 2.24) is 0 Å². The van der Waals surface area contributed by atoms with Crippen LogP contribution in [0.1, 0.15) is 16.7 Å². The number of fused-ring (bicyclic) bond motifs is 4. The molecular weight excluding hydrogens is 450 g/mol. The zero-order valence-corrected chi connectivity index (χ0v) is 20.5. The van der Waals surface area contributed by atoms with Crippen LogP contribution in [0.15, 0.2) is 108 Å². The molecule has 0 aliphatic carbocycles. The van der Waals surface area contributed by atoms with Gasteiger partial charge < -0.3 is 0 Å². The van der Waals surface area contributed by atoms with Crippen molar-refractivity contribution < 1.29 is 8.42 Å². The molecule has 0 spiro atoms. The molecule has 0 fully saturated rings. The lowest BCUT2D eigenvalue weighted by Crippen LogP contribution is -2.33. The molecule has 0 saturated carbocycles. The number of rotatable bonds is 3. The molecule has 4 heteroatoms. The minimum atomic E-state index is -3.75. The molecule has 172 valence electrons. The second-order valence-corrected chi connectivity index (χ2v) is 11.1. The van der Waals surface area contributed by atoms with Gasteiger partial charge in [0.1, 0.15) is 0 Å². The van der Waals surface area contributed by atoms with E-state index in [0.29, 0.717) is 4.90 Å². The third kappa shape index (κ3) is 3.53. The van der Waals surface area contributed by atoms with Gasteiger partial charge in [-0.05, 0) is 77.2 Å². The normalized spacial score (nSPS) is 12.9. The van der Waals surface area contributed by atoms with Gasteiger partial charge >= 0.3 is 0 Å². The average molecular weight is 476 g/mol. The fourth-order valence-electron chi connectivity index (χ4n) is 5.10. The smallest absolute Gasteiger partial charge is 0.261 e. The number of nitrogens with zero attached hydrogens (tertiary/aromatic N) is 1. The van der Waals surface area contributed by atoms with Crippen LogP contribution in [0, 0.1) is 13.8 Å². The van der Waals surface area contributed by atoms with Crippen molar-refractivity contribution in [2.45, 2.75) is 25.3 Å². The average Bonchev–Trinajstić information content (AvgIpc) is 2.87. The van der Waals surface area contributed by atoms with Crippen molar-refractivity contribution in [2.24, 2.45) is 0 Å². The summed E-state index contributed by atoms with van der Waals surface area (Å²) in [5.41, 5.74) is 8.20. The van der Waals surface area contributed by atoms with Crippen LogP contribution >= 0.6 is 0 Å². The molecule has 0 bridgehead atoms. The summed E-state index contributed by atoms with van der Waals surface area (Å²) >= 11 is 0. The Kier molecular flexibility index (Phi) is 5.01. The van der Waals surface area contributed by atoms with Crippen LogP contribution in [-0.4, -0.2) is 8.42 Å². The van der Waals surface area contributed by atoms with Crippen LogP contribution in [0.5, 0.6) is 0 Å². The van der Waals surface area contributed by atoms with E-state index >= 15 is 0 Å². The molecule has 6 rings (SSSR count). The first-order valence-electron chi connectivity index (χ1n) is 11.7. The second-order valence-electron chi connectivity index (χ2n) is 9.22. The monoisotopic (exact) mass is 475 g/mol. The third-order valence-corrected chi connectivity index (χ3v) is 8.58. The first-order valence-corrected chi connectivity index (χ1v) is 13.2. The molecule has 0 radical (unpaired) electrons. The van der Waals surface area contributed by atoms with Crippen LogP contribution in [0.3, 0.4) is 0 Å². The Morgan fingerprint density at radius 1 is 0.686 bits per heavy atom. The maximum Gasteiger partial charge on any atom is 0.264 e. The first-order chi connectivity index (χ1) is 16.9. The molecule has 35 heavy (non-hydrogen) atoms. The molecule has 0 saturated heterocycles. The SMILES string of the molecule is Cc1ccc(S(=O)(=O)N2Cc3cc4ccccc4c(-c4ccccc4)c3-c3cc(C)ccc32)cc1. The number of sulfonamides is 1. The Bertz CT molecular complexity index is 1690. The van der Waals surface area contributed by atoms with Gasteiger partial charge in [0.05, 0.1) is 17.1 Å². The highest BCUT2D eigenvalue weighted by atomic mass is 32.2. The van der Waals surface area contributed by atoms with E-state index in [2.05, 4.69) is 61.5 Å². The Labute approximate surface area is 206 Å². The van der Waals surface area contributed by atoms with Crippen LogP contribution in [0.4, 0.5) is 5.69 Å². The highest BCUT2D eigenvalue weighted by molar-refractivity contribution is 7.92. The molecular formula is C31H25NO2S. The molecule has 1 aliphatic rings. The fourth-order valence-corrected chi connectivity index (χ4v) is 6.56. The van der Waals surface area contributed by atoms with Crippen LogP contribution < -0.4 is 4.31 Å². The van der Waals surface area contributed by atoms with Gasteiger partial charge in [-0.25, -0.2) is 8.42 Å². The van der Waals surface area contributed by atoms with E-state index in [1.807, 2.05) is 43.3 Å². The quantitative estimate of drug-likeness (QED) is 0.271. The van der Waals surface area contributed by atoms with Gasteiger partial charge in [0.15, 0.2) is 0 Å². The summed E-state index contributed by atoms with van der Waals surface area (Å²) in [6.45, 7) is 4.30. The summed E-state index contributed by atoms with van der Waals surface area (Å²) in [6, 6.07) is 34.1. The molecule has 1 aliphatic heterocycles. The summed E-state index contributed by atoms with van der Waals surface area (Å²) in [6.07, 6.45) is 0. The Morgan fingerprint density at radius 2 is 1.37 bits per heavy atom. The van der Waals surface area contributed by atoms with E-state index < -0.39 is 10.0 Å². The zero-order chi connectivity index (χ0) is 24.2. The lowest BCUT2D eigenvalue weighted by atomic mass is 9.83. The maximum absolute atomic E-state index is 13.9. The lowest BCUT2D eigenvalue weighted by molar-refractivity contribution is 0.590. The predicted octanol–water partition coefficient (Wildman–Crippen LogP) is 7.50. The molecule has 0 amide bonds. The summed E-state index contributed by atoms with van der Waals surface area (Å²) in [5.74, 6) is 0. The van der Waals surface area contributed by atoms with Crippen molar-refractivity contribution in [2.75, 3.05) is 4.31 Å².